The van der Waals surface area contributed by atoms with Gasteiger partial charge in [-0.15, -0.1) is 0 Å². The Morgan fingerprint density at radius 1 is 1.44 bits per heavy atom. The molecule has 6 heteroatoms. The number of carboxylic acids is 1. The molecule has 2 amide bonds. The molecule has 0 saturated carbocycles. The number of hydrogen-bond donors (Lipinski definition) is 2. The van der Waals surface area contributed by atoms with E-state index in [9.17, 15) is 9.59 Å². The number of nitrogens with one attached hydrogen (secondary N) is 1. The molecule has 2 atom stereocenters. The number of hydrogen-bond acceptors (Lipinski definition) is 3. The second-order valence-corrected chi connectivity index (χ2v) is 5.95. The highest BCUT2D eigenvalue weighted by molar-refractivity contribution is 7.98. The molecule has 0 aromatic heterocycles. The number of thioether (sulfide) groups is 1. The number of nitrogens with zero attached hydrogens (tertiary/aromatic N) is 1. The summed E-state index contributed by atoms with van der Waals surface area (Å²) in [5.41, 5.74) is 0. The Bertz CT molecular complexity index is 306. The summed E-state index contributed by atoms with van der Waals surface area (Å²) in [4.78, 5) is 24.2. The van der Waals surface area contributed by atoms with E-state index in [4.69, 9.17) is 5.11 Å². The van der Waals surface area contributed by atoms with Gasteiger partial charge in [0.15, 0.2) is 0 Å². The lowest BCUT2D eigenvalue weighted by Crippen LogP contribution is -2.56. The molecule has 0 aromatic rings. The minimum atomic E-state index is -0.784. The number of rotatable bonds is 6. The maximum atomic E-state index is 11.7. The van der Waals surface area contributed by atoms with Gasteiger partial charge in [0.25, 0.3) is 0 Å². The largest absolute Gasteiger partial charge is 0.481 e. The van der Waals surface area contributed by atoms with Crippen LogP contribution in [0, 0.1) is 17.8 Å². The molecule has 1 fully saturated rings. The summed E-state index contributed by atoms with van der Waals surface area (Å²) in [5.74, 6) is 0.424. The summed E-state index contributed by atoms with van der Waals surface area (Å²) < 4.78 is 0. The van der Waals surface area contributed by atoms with Crippen molar-refractivity contribution in [2.45, 2.75) is 13.8 Å². The van der Waals surface area contributed by atoms with Gasteiger partial charge >= 0.3 is 12.0 Å². The van der Waals surface area contributed by atoms with E-state index < -0.39 is 5.97 Å². The number of carbonyl (C=O) groups is 2. The lowest BCUT2D eigenvalue weighted by atomic mass is 9.87. The van der Waals surface area contributed by atoms with Crippen LogP contribution in [-0.2, 0) is 4.79 Å². The summed E-state index contributed by atoms with van der Waals surface area (Å²) in [6.45, 7) is 5.58. The molecule has 1 aliphatic heterocycles. The van der Waals surface area contributed by atoms with Crippen LogP contribution in [-0.4, -0.2) is 53.6 Å². The molecule has 18 heavy (non-hydrogen) atoms. The van der Waals surface area contributed by atoms with Crippen molar-refractivity contribution in [3.63, 3.8) is 0 Å². The molecule has 2 unspecified atom stereocenters. The van der Waals surface area contributed by atoms with Crippen molar-refractivity contribution in [3.8, 4) is 0 Å². The van der Waals surface area contributed by atoms with Crippen LogP contribution in [0.5, 0.6) is 0 Å². The van der Waals surface area contributed by atoms with Gasteiger partial charge in [0.1, 0.15) is 0 Å². The third kappa shape index (κ3) is 4.08. The van der Waals surface area contributed by atoms with Crippen LogP contribution in [0.2, 0.25) is 0 Å². The zero-order valence-corrected chi connectivity index (χ0v) is 12.0. The molecule has 1 saturated heterocycles. The van der Waals surface area contributed by atoms with Gasteiger partial charge in [-0.2, -0.15) is 11.8 Å². The maximum absolute atomic E-state index is 11.7. The fourth-order valence-electron chi connectivity index (χ4n) is 1.91. The van der Waals surface area contributed by atoms with Crippen molar-refractivity contribution in [3.05, 3.63) is 0 Å². The van der Waals surface area contributed by atoms with Crippen molar-refractivity contribution in [1.82, 2.24) is 10.2 Å². The van der Waals surface area contributed by atoms with Gasteiger partial charge in [0.05, 0.1) is 5.92 Å². The van der Waals surface area contributed by atoms with E-state index in [0.29, 0.717) is 25.6 Å². The van der Waals surface area contributed by atoms with Crippen LogP contribution in [0.4, 0.5) is 4.79 Å². The fraction of sp³-hybridized carbons (Fsp3) is 0.833. The van der Waals surface area contributed by atoms with Gasteiger partial charge in [-0.3, -0.25) is 4.79 Å². The minimum absolute atomic E-state index is 0.0724. The minimum Gasteiger partial charge on any atom is -0.481 e. The lowest BCUT2D eigenvalue weighted by Gasteiger charge is -2.41. The Hall–Kier alpha value is -0.910. The molecule has 2 N–H and O–H groups in total. The van der Waals surface area contributed by atoms with Gasteiger partial charge in [0.2, 0.25) is 0 Å². The fourth-order valence-corrected chi connectivity index (χ4v) is 2.60. The summed E-state index contributed by atoms with van der Waals surface area (Å²) in [7, 11) is 0. The van der Waals surface area contributed by atoms with Crippen LogP contribution in [0.1, 0.15) is 13.8 Å². The molecule has 0 radical (unpaired) electrons. The van der Waals surface area contributed by atoms with Crippen molar-refractivity contribution in [2.75, 3.05) is 31.6 Å². The normalized spacial score (nSPS) is 18.9. The van der Waals surface area contributed by atoms with Crippen LogP contribution in [0.3, 0.4) is 0 Å². The zero-order chi connectivity index (χ0) is 13.7. The van der Waals surface area contributed by atoms with E-state index in [1.165, 1.54) is 0 Å². The van der Waals surface area contributed by atoms with Gasteiger partial charge < -0.3 is 15.3 Å². The lowest BCUT2D eigenvalue weighted by molar-refractivity contribution is -0.144. The number of carboxylic acid groups (broad SMARTS) is 1. The Morgan fingerprint density at radius 2 is 2.06 bits per heavy atom. The Labute approximate surface area is 112 Å². The third-order valence-electron chi connectivity index (χ3n) is 3.35. The van der Waals surface area contributed by atoms with Crippen LogP contribution in [0.25, 0.3) is 0 Å². The van der Waals surface area contributed by atoms with Gasteiger partial charge in [0, 0.05) is 25.6 Å². The van der Waals surface area contributed by atoms with E-state index in [1.54, 1.807) is 23.6 Å². The van der Waals surface area contributed by atoms with Crippen LogP contribution in [0.15, 0.2) is 0 Å². The van der Waals surface area contributed by atoms with Crippen molar-refractivity contribution >= 4 is 23.8 Å². The Morgan fingerprint density at radius 3 is 2.56 bits per heavy atom. The smallest absolute Gasteiger partial charge is 0.317 e. The monoisotopic (exact) mass is 274 g/mol. The zero-order valence-electron chi connectivity index (χ0n) is 11.2. The average molecular weight is 274 g/mol. The third-order valence-corrected chi connectivity index (χ3v) is 4.25. The number of carbonyl (C=O) groups excluding carboxylic acids is 1. The molecular formula is C12H22N2O3S. The highest BCUT2D eigenvalue weighted by atomic mass is 32.2. The van der Waals surface area contributed by atoms with Gasteiger partial charge in [-0.1, -0.05) is 13.8 Å². The van der Waals surface area contributed by atoms with E-state index in [-0.39, 0.29) is 17.9 Å². The molecule has 1 aliphatic rings. The van der Waals surface area contributed by atoms with Crippen molar-refractivity contribution < 1.29 is 14.7 Å². The maximum Gasteiger partial charge on any atom is 0.317 e. The van der Waals surface area contributed by atoms with Crippen molar-refractivity contribution in [2.24, 2.45) is 17.8 Å². The van der Waals surface area contributed by atoms with Crippen LogP contribution < -0.4 is 5.32 Å². The molecule has 0 spiro atoms. The molecule has 5 nitrogen and oxygen atoms in total. The number of urea groups is 1. The number of aliphatic carboxylic acids is 1. The molecule has 0 aromatic carbocycles. The summed E-state index contributed by atoms with van der Waals surface area (Å²) in [6, 6.07) is -0.0724. The Balaban J connectivity index is 2.21. The first-order valence-corrected chi connectivity index (χ1v) is 7.59. The first kappa shape index (κ1) is 15.1. The second kappa shape index (κ2) is 6.87. The Kier molecular flexibility index (Phi) is 5.78. The number of likely N-dealkylation sites (tertiary alicyclic amines) is 1. The average Bonchev–Trinajstić information content (AvgIpc) is 2.24. The molecular weight excluding hydrogens is 252 g/mol. The highest BCUT2D eigenvalue weighted by Gasteiger charge is 2.37. The topological polar surface area (TPSA) is 69.6 Å². The quantitative estimate of drug-likeness (QED) is 0.767. The van der Waals surface area contributed by atoms with E-state index >= 15 is 0 Å². The van der Waals surface area contributed by atoms with Gasteiger partial charge in [-0.25, -0.2) is 4.79 Å². The molecule has 104 valence electrons. The first-order chi connectivity index (χ1) is 8.45. The standard InChI is InChI=1S/C12H22N2O3S/c1-8(7-18-3)4-13-12(17)14-5-10(6-14)9(2)11(15)16/h8-10H,4-7H2,1-3H3,(H,13,17)(H,15,16). The number of amides is 2. The predicted molar refractivity (Wildman–Crippen MR) is 72.8 cm³/mol. The van der Waals surface area contributed by atoms with Crippen molar-refractivity contribution in [1.29, 1.82) is 0 Å². The first-order valence-electron chi connectivity index (χ1n) is 6.20. The van der Waals surface area contributed by atoms with Crippen LogP contribution >= 0.6 is 11.8 Å². The predicted octanol–water partition coefficient (Wildman–Crippen LogP) is 1.35. The summed E-state index contributed by atoms with van der Waals surface area (Å²) in [6.07, 6.45) is 2.05. The molecule has 0 bridgehead atoms. The SMILES string of the molecule is CSCC(C)CNC(=O)N1CC(C(C)C(=O)O)C1. The van der Waals surface area contributed by atoms with Gasteiger partial charge in [-0.05, 0) is 17.9 Å². The second-order valence-electron chi connectivity index (χ2n) is 5.04. The summed E-state index contributed by atoms with van der Waals surface area (Å²) >= 11 is 1.77. The van der Waals surface area contributed by atoms with E-state index in [1.807, 2.05) is 6.26 Å². The van der Waals surface area contributed by atoms with E-state index in [0.717, 1.165) is 5.75 Å². The molecule has 1 heterocycles. The van der Waals surface area contributed by atoms with E-state index in [2.05, 4.69) is 12.2 Å². The summed E-state index contributed by atoms with van der Waals surface area (Å²) in [5, 5.41) is 11.7. The highest BCUT2D eigenvalue weighted by Crippen LogP contribution is 2.23. The molecule has 1 rings (SSSR count). The molecule has 0 aliphatic carbocycles.